The summed E-state index contributed by atoms with van der Waals surface area (Å²) in [5.74, 6) is -0.367. The summed E-state index contributed by atoms with van der Waals surface area (Å²) in [6, 6.07) is 19.0. The van der Waals surface area contributed by atoms with Gasteiger partial charge >= 0.3 is 6.18 Å². The van der Waals surface area contributed by atoms with Crippen molar-refractivity contribution >= 4 is 40.0 Å². The average Bonchev–Trinajstić information content (AvgIpc) is 2.92. The third-order valence-electron chi connectivity index (χ3n) is 6.78. The van der Waals surface area contributed by atoms with Crippen molar-refractivity contribution in [2.24, 2.45) is 0 Å². The number of carbonyl (C=O) groups is 1. The third-order valence-corrected chi connectivity index (χ3v) is 8.30. The second-order valence-electron chi connectivity index (χ2n) is 9.95. The van der Waals surface area contributed by atoms with Crippen molar-refractivity contribution in [2.75, 3.05) is 13.3 Å². The van der Waals surface area contributed by atoms with E-state index in [-0.39, 0.29) is 23.0 Å². The Balaban J connectivity index is 1.71. The second kappa shape index (κ2) is 10.1. The molecule has 0 saturated heterocycles. The van der Waals surface area contributed by atoms with E-state index in [4.69, 9.17) is 0 Å². The first-order valence-corrected chi connectivity index (χ1v) is 15.0. The number of pyridine rings is 2. The number of fused-ring (bicyclic) bond motifs is 3. The zero-order valence-corrected chi connectivity index (χ0v) is 22.8. The van der Waals surface area contributed by atoms with Gasteiger partial charge in [0.05, 0.1) is 22.8 Å². The predicted molar refractivity (Wildman–Crippen MR) is 151 cm³/mol. The van der Waals surface area contributed by atoms with E-state index in [1.807, 2.05) is 13.0 Å². The molecule has 1 atom stereocenters. The van der Waals surface area contributed by atoms with Gasteiger partial charge in [-0.25, -0.2) is 0 Å². The largest absolute Gasteiger partial charge is 0.416 e. The lowest BCUT2D eigenvalue weighted by Crippen LogP contribution is -2.27. The quantitative estimate of drug-likeness (QED) is 0.201. The van der Waals surface area contributed by atoms with E-state index in [0.29, 0.717) is 32.9 Å². The molecule has 0 aliphatic carbocycles. The third kappa shape index (κ3) is 5.17. The van der Waals surface area contributed by atoms with Gasteiger partial charge in [0, 0.05) is 33.5 Å². The SMILES string of the molecule is C[C@H](NC(=O)c1ccc2c(c1)c1cc(P(C)(C)=O)ccc1c(=O)n2-c1ccc(C(F)(F)F)cc1)c1ccccn1. The number of alkyl halides is 3. The lowest BCUT2D eigenvalue weighted by atomic mass is 10.0. The highest BCUT2D eigenvalue weighted by Crippen LogP contribution is 2.37. The number of aromatic nitrogens is 2. The van der Waals surface area contributed by atoms with Gasteiger partial charge in [-0.3, -0.25) is 19.1 Å². The molecule has 10 heteroatoms. The maximum atomic E-state index is 13.7. The summed E-state index contributed by atoms with van der Waals surface area (Å²) in [6.07, 6.45) is -2.88. The summed E-state index contributed by atoms with van der Waals surface area (Å²) in [5, 5.41) is 4.77. The predicted octanol–water partition coefficient (Wildman–Crippen LogP) is 6.30. The van der Waals surface area contributed by atoms with Gasteiger partial charge in [-0.1, -0.05) is 12.1 Å². The number of amides is 1. The van der Waals surface area contributed by atoms with Crippen LogP contribution in [0.2, 0.25) is 0 Å². The summed E-state index contributed by atoms with van der Waals surface area (Å²) in [6.45, 7) is 5.06. The van der Waals surface area contributed by atoms with E-state index in [1.165, 1.54) is 16.7 Å². The second-order valence-corrected chi connectivity index (χ2v) is 13.2. The lowest BCUT2D eigenvalue weighted by Gasteiger charge is -2.17. The van der Waals surface area contributed by atoms with E-state index in [1.54, 1.807) is 68.1 Å². The Labute approximate surface area is 227 Å². The number of nitrogens with zero attached hydrogens (tertiary/aromatic N) is 2. The van der Waals surface area contributed by atoms with E-state index >= 15 is 0 Å². The molecule has 0 unspecified atom stereocenters. The molecule has 0 aliphatic rings. The molecule has 0 saturated carbocycles. The number of halogens is 3. The van der Waals surface area contributed by atoms with Crippen molar-refractivity contribution in [3.63, 3.8) is 0 Å². The first-order chi connectivity index (χ1) is 18.8. The lowest BCUT2D eigenvalue weighted by molar-refractivity contribution is -0.137. The van der Waals surface area contributed by atoms with Crippen LogP contribution in [-0.2, 0) is 10.7 Å². The van der Waals surface area contributed by atoms with Crippen molar-refractivity contribution in [1.82, 2.24) is 14.9 Å². The minimum absolute atomic E-state index is 0.242. The highest BCUT2D eigenvalue weighted by Gasteiger charge is 2.30. The fraction of sp³-hybridized carbons (Fsp3) is 0.167. The zero-order valence-electron chi connectivity index (χ0n) is 21.9. The average molecular weight is 564 g/mol. The number of benzene rings is 3. The van der Waals surface area contributed by atoms with Crippen LogP contribution in [0.3, 0.4) is 0 Å². The summed E-state index contributed by atoms with van der Waals surface area (Å²) in [5.41, 5.74) is 0.358. The standard InChI is InChI=1S/C30H25F3N3O3P/c1-18(26-6-4-5-15-34-26)35-28(37)19-7-14-27-25(16-19)24-17-22(40(2,3)39)12-13-23(24)29(38)36(27)21-10-8-20(9-11-21)30(31,32)33/h4-18H,1-3H3,(H,35,37)/t18-/m0/s1. The molecule has 2 heterocycles. The fourth-order valence-corrected chi connectivity index (χ4v) is 5.51. The van der Waals surface area contributed by atoms with Gasteiger partial charge in [-0.05, 0) is 92.4 Å². The minimum Gasteiger partial charge on any atom is -0.344 e. The van der Waals surface area contributed by atoms with Crippen LogP contribution in [0.15, 0.2) is 89.9 Å². The summed E-state index contributed by atoms with van der Waals surface area (Å²) in [7, 11) is -2.69. The Morgan fingerprint density at radius 1 is 0.925 bits per heavy atom. The minimum atomic E-state index is -4.52. The number of hydrogen-bond acceptors (Lipinski definition) is 4. The van der Waals surface area contributed by atoms with Crippen LogP contribution in [0.5, 0.6) is 0 Å². The van der Waals surface area contributed by atoms with Crippen LogP contribution in [0, 0.1) is 0 Å². The first-order valence-electron chi connectivity index (χ1n) is 12.4. The topological polar surface area (TPSA) is 81.1 Å². The molecule has 1 amide bonds. The fourth-order valence-electron chi connectivity index (χ4n) is 4.64. The van der Waals surface area contributed by atoms with Crippen molar-refractivity contribution in [3.8, 4) is 5.69 Å². The smallest absolute Gasteiger partial charge is 0.344 e. The van der Waals surface area contributed by atoms with E-state index in [2.05, 4.69) is 10.3 Å². The van der Waals surface area contributed by atoms with Crippen LogP contribution < -0.4 is 16.2 Å². The van der Waals surface area contributed by atoms with Gasteiger partial charge in [0.25, 0.3) is 11.5 Å². The van der Waals surface area contributed by atoms with Crippen LogP contribution >= 0.6 is 7.14 Å². The summed E-state index contributed by atoms with van der Waals surface area (Å²) >= 11 is 0. The van der Waals surface area contributed by atoms with Crippen molar-refractivity contribution in [1.29, 1.82) is 0 Å². The number of rotatable bonds is 5. The molecular weight excluding hydrogens is 538 g/mol. The molecule has 40 heavy (non-hydrogen) atoms. The molecule has 204 valence electrons. The number of hydrogen-bond donors (Lipinski definition) is 1. The highest BCUT2D eigenvalue weighted by atomic mass is 31.2. The Kier molecular flexibility index (Phi) is 6.88. The van der Waals surface area contributed by atoms with E-state index in [0.717, 1.165) is 12.1 Å². The zero-order chi connectivity index (χ0) is 28.8. The molecule has 5 aromatic rings. The maximum Gasteiger partial charge on any atom is 0.416 e. The van der Waals surface area contributed by atoms with E-state index < -0.39 is 24.4 Å². The van der Waals surface area contributed by atoms with Crippen molar-refractivity contribution in [3.05, 3.63) is 112 Å². The molecule has 6 nitrogen and oxygen atoms in total. The molecule has 1 N–H and O–H groups in total. The monoisotopic (exact) mass is 563 g/mol. The summed E-state index contributed by atoms with van der Waals surface area (Å²) in [4.78, 5) is 31.2. The van der Waals surface area contributed by atoms with Gasteiger partial charge < -0.3 is 9.88 Å². The van der Waals surface area contributed by atoms with Crippen LogP contribution in [0.1, 0.15) is 34.6 Å². The maximum absolute atomic E-state index is 13.7. The Morgan fingerprint density at radius 2 is 1.65 bits per heavy atom. The molecule has 0 radical (unpaired) electrons. The van der Waals surface area contributed by atoms with Gasteiger partial charge in [0.2, 0.25) is 0 Å². The molecule has 0 spiro atoms. The molecule has 0 fully saturated rings. The Bertz CT molecular complexity index is 1860. The van der Waals surface area contributed by atoms with Gasteiger partial charge in [-0.2, -0.15) is 13.2 Å². The number of nitrogens with one attached hydrogen (secondary N) is 1. The normalized spacial score (nSPS) is 12.9. The molecule has 3 aromatic carbocycles. The van der Waals surface area contributed by atoms with Crippen LogP contribution in [-0.4, -0.2) is 28.8 Å². The van der Waals surface area contributed by atoms with Crippen molar-refractivity contribution in [2.45, 2.75) is 19.1 Å². The van der Waals surface area contributed by atoms with E-state index in [9.17, 15) is 27.3 Å². The molecular formula is C30H25F3N3O3P. The Hall–Kier alpha value is -4.23. The number of carbonyl (C=O) groups excluding carboxylic acids is 1. The first kappa shape index (κ1) is 27.3. The molecule has 0 aliphatic heterocycles. The summed E-state index contributed by atoms with van der Waals surface area (Å²) < 4.78 is 53.7. The highest BCUT2D eigenvalue weighted by molar-refractivity contribution is 7.70. The van der Waals surface area contributed by atoms with Gasteiger partial charge in [-0.15, -0.1) is 0 Å². The van der Waals surface area contributed by atoms with Gasteiger partial charge in [0.15, 0.2) is 0 Å². The van der Waals surface area contributed by atoms with Crippen LogP contribution in [0.4, 0.5) is 13.2 Å². The Morgan fingerprint density at radius 3 is 2.27 bits per heavy atom. The molecule has 0 bridgehead atoms. The van der Waals surface area contributed by atoms with Gasteiger partial charge in [0.1, 0.15) is 7.14 Å². The van der Waals surface area contributed by atoms with Crippen molar-refractivity contribution < 1.29 is 22.5 Å². The molecule has 2 aromatic heterocycles. The molecule has 5 rings (SSSR count). The van der Waals surface area contributed by atoms with Crippen LogP contribution in [0.25, 0.3) is 27.4 Å².